The molecule has 0 aliphatic heterocycles. The van der Waals surface area contributed by atoms with Crippen molar-refractivity contribution in [3.8, 4) is 0 Å². The summed E-state index contributed by atoms with van der Waals surface area (Å²) in [5.41, 5.74) is 1.52. The van der Waals surface area contributed by atoms with E-state index < -0.39 is 5.56 Å². The third-order valence-corrected chi connectivity index (χ3v) is 5.03. The topological polar surface area (TPSA) is 77.1 Å². The zero-order valence-corrected chi connectivity index (χ0v) is 16.3. The summed E-state index contributed by atoms with van der Waals surface area (Å²) >= 11 is 12.1. The lowest BCUT2D eigenvalue weighted by atomic mass is 10.1. The molecule has 6 nitrogen and oxygen atoms in total. The smallest absolute Gasteiger partial charge is 0.297 e. The third-order valence-electron chi connectivity index (χ3n) is 4.47. The van der Waals surface area contributed by atoms with Crippen LogP contribution in [0.2, 0.25) is 10.0 Å². The number of rotatable bonds is 4. The molecule has 0 aliphatic carbocycles. The molecule has 1 amide bonds. The summed E-state index contributed by atoms with van der Waals surface area (Å²) in [5.74, 6) is -0.349. The number of nitrogens with one attached hydrogen (secondary N) is 1. The Bertz CT molecular complexity index is 1260. The molecule has 0 aliphatic rings. The van der Waals surface area contributed by atoms with E-state index in [1.807, 2.05) is 18.2 Å². The molecule has 28 heavy (non-hydrogen) atoms. The fourth-order valence-electron chi connectivity index (χ4n) is 3.10. The highest BCUT2D eigenvalue weighted by molar-refractivity contribution is 6.35. The molecular formula is C20H15Cl2N3O3. The summed E-state index contributed by atoms with van der Waals surface area (Å²) in [7, 11) is 0. The Kier molecular flexibility index (Phi) is 4.83. The molecule has 0 radical (unpaired) electrons. The molecule has 0 bridgehead atoms. The van der Waals surface area contributed by atoms with E-state index in [2.05, 4.69) is 10.3 Å². The van der Waals surface area contributed by atoms with E-state index in [4.69, 9.17) is 27.6 Å². The van der Waals surface area contributed by atoms with Crippen LogP contribution in [0.1, 0.15) is 18.5 Å². The van der Waals surface area contributed by atoms with Gasteiger partial charge in [-0.05, 0) is 36.8 Å². The van der Waals surface area contributed by atoms with E-state index >= 15 is 0 Å². The Morgan fingerprint density at radius 1 is 1.25 bits per heavy atom. The van der Waals surface area contributed by atoms with Crippen LogP contribution in [0, 0.1) is 0 Å². The first-order valence-corrected chi connectivity index (χ1v) is 9.30. The number of aromatic nitrogens is 2. The number of amides is 1. The van der Waals surface area contributed by atoms with Crippen LogP contribution in [0.5, 0.6) is 0 Å². The molecule has 4 rings (SSSR count). The van der Waals surface area contributed by atoms with Gasteiger partial charge in [0.25, 0.3) is 5.56 Å². The van der Waals surface area contributed by atoms with Gasteiger partial charge in [-0.3, -0.25) is 14.2 Å². The summed E-state index contributed by atoms with van der Waals surface area (Å²) in [6.07, 6.45) is 1.35. The zero-order valence-electron chi connectivity index (χ0n) is 14.8. The van der Waals surface area contributed by atoms with E-state index in [1.165, 1.54) is 10.9 Å². The van der Waals surface area contributed by atoms with Gasteiger partial charge in [-0.1, -0.05) is 41.4 Å². The van der Waals surface area contributed by atoms with Crippen LogP contribution >= 0.6 is 23.2 Å². The number of para-hydroxylation sites is 1. The monoisotopic (exact) mass is 415 g/mol. The van der Waals surface area contributed by atoms with Crippen LogP contribution in [0.25, 0.3) is 22.1 Å². The first kappa shape index (κ1) is 18.5. The second-order valence-corrected chi connectivity index (χ2v) is 7.25. The molecule has 8 heteroatoms. The Morgan fingerprint density at radius 2 is 2.04 bits per heavy atom. The number of benzene rings is 2. The van der Waals surface area contributed by atoms with E-state index in [0.717, 1.165) is 10.9 Å². The zero-order chi connectivity index (χ0) is 19.8. The molecule has 4 aromatic rings. The van der Waals surface area contributed by atoms with Crippen molar-refractivity contribution in [2.45, 2.75) is 19.5 Å². The molecule has 0 spiro atoms. The fourth-order valence-corrected chi connectivity index (χ4v) is 3.67. The van der Waals surface area contributed by atoms with Crippen molar-refractivity contribution in [1.29, 1.82) is 0 Å². The minimum atomic E-state index is -0.409. The summed E-state index contributed by atoms with van der Waals surface area (Å²) < 4.78 is 6.84. The van der Waals surface area contributed by atoms with Gasteiger partial charge in [-0.15, -0.1) is 0 Å². The summed E-state index contributed by atoms with van der Waals surface area (Å²) in [4.78, 5) is 29.4. The Balaban J connectivity index is 1.57. The van der Waals surface area contributed by atoms with Crippen molar-refractivity contribution in [2.75, 3.05) is 0 Å². The van der Waals surface area contributed by atoms with Gasteiger partial charge in [-0.2, -0.15) is 0 Å². The molecule has 142 valence electrons. The van der Waals surface area contributed by atoms with Crippen LogP contribution in [-0.4, -0.2) is 15.5 Å². The molecule has 2 heterocycles. The average Bonchev–Trinajstić information content (AvgIpc) is 3.03. The van der Waals surface area contributed by atoms with Gasteiger partial charge in [0.1, 0.15) is 17.6 Å². The number of hydrogen-bond donors (Lipinski definition) is 1. The maximum absolute atomic E-state index is 12.7. The number of carbonyl (C=O) groups is 1. The molecule has 2 aromatic carbocycles. The Labute approximate surface area is 169 Å². The maximum Gasteiger partial charge on any atom is 0.297 e. The van der Waals surface area contributed by atoms with Crippen LogP contribution in [0.4, 0.5) is 0 Å². The number of hydrogen-bond acceptors (Lipinski definition) is 4. The van der Waals surface area contributed by atoms with Crippen molar-refractivity contribution in [1.82, 2.24) is 14.9 Å². The number of nitrogens with zero attached hydrogens (tertiary/aromatic N) is 2. The number of halogens is 2. The summed E-state index contributed by atoms with van der Waals surface area (Å²) in [6.45, 7) is 1.62. The first-order valence-electron chi connectivity index (χ1n) is 8.55. The van der Waals surface area contributed by atoms with Crippen molar-refractivity contribution in [3.05, 3.63) is 74.8 Å². The van der Waals surface area contributed by atoms with Crippen molar-refractivity contribution in [2.24, 2.45) is 0 Å². The standard InChI is InChI=1S/C20H15Cl2N3O3/c1-11(13-7-6-12(21)8-15(13)22)24-17(26)9-25-10-23-18-14-4-2-3-5-16(14)28-19(18)20(25)27/h2-8,10-11H,9H2,1H3,(H,24,26)/t11-/m0/s1. The molecule has 2 aromatic heterocycles. The van der Waals surface area contributed by atoms with Crippen LogP contribution in [0.15, 0.2) is 58.0 Å². The summed E-state index contributed by atoms with van der Waals surface area (Å²) in [5, 5.41) is 4.56. The second kappa shape index (κ2) is 7.30. The number of furan rings is 1. The number of fused-ring (bicyclic) bond motifs is 3. The quantitative estimate of drug-likeness (QED) is 0.538. The van der Waals surface area contributed by atoms with Crippen LogP contribution in [-0.2, 0) is 11.3 Å². The molecule has 0 saturated carbocycles. The fraction of sp³-hybridized carbons (Fsp3) is 0.150. The van der Waals surface area contributed by atoms with Crippen molar-refractivity contribution >= 4 is 51.2 Å². The molecule has 0 unspecified atom stereocenters. The van der Waals surface area contributed by atoms with Crippen LogP contribution < -0.4 is 10.9 Å². The second-order valence-electron chi connectivity index (χ2n) is 6.41. The van der Waals surface area contributed by atoms with Crippen molar-refractivity contribution in [3.63, 3.8) is 0 Å². The molecular weight excluding hydrogens is 401 g/mol. The molecule has 1 N–H and O–H groups in total. The molecule has 0 saturated heterocycles. The SMILES string of the molecule is C[C@H](NC(=O)Cn1cnc2c(oc3ccccc32)c1=O)c1ccc(Cl)cc1Cl. The highest BCUT2D eigenvalue weighted by atomic mass is 35.5. The minimum absolute atomic E-state index is 0.130. The van der Waals surface area contributed by atoms with E-state index in [9.17, 15) is 9.59 Å². The van der Waals surface area contributed by atoms with Crippen molar-refractivity contribution < 1.29 is 9.21 Å². The number of carbonyl (C=O) groups excluding carboxylic acids is 1. The maximum atomic E-state index is 12.7. The minimum Gasteiger partial charge on any atom is -0.448 e. The van der Waals surface area contributed by atoms with Gasteiger partial charge in [0, 0.05) is 15.4 Å². The van der Waals surface area contributed by atoms with Gasteiger partial charge in [0.15, 0.2) is 0 Å². The van der Waals surface area contributed by atoms with Crippen LogP contribution in [0.3, 0.4) is 0 Å². The van der Waals surface area contributed by atoms with E-state index in [0.29, 0.717) is 21.1 Å². The lowest BCUT2D eigenvalue weighted by molar-refractivity contribution is -0.122. The molecule has 0 fully saturated rings. The normalized spacial score (nSPS) is 12.4. The molecule has 1 atom stereocenters. The third kappa shape index (κ3) is 3.37. The largest absolute Gasteiger partial charge is 0.448 e. The van der Waals surface area contributed by atoms with Gasteiger partial charge < -0.3 is 9.73 Å². The predicted molar refractivity (Wildman–Crippen MR) is 109 cm³/mol. The predicted octanol–water partition coefficient (Wildman–Crippen LogP) is 4.33. The lowest BCUT2D eigenvalue weighted by Crippen LogP contribution is -2.34. The van der Waals surface area contributed by atoms with E-state index in [-0.39, 0.29) is 24.1 Å². The Hall–Kier alpha value is -2.83. The van der Waals surface area contributed by atoms with E-state index in [1.54, 1.807) is 31.2 Å². The van der Waals surface area contributed by atoms with Gasteiger partial charge in [0.2, 0.25) is 11.5 Å². The van der Waals surface area contributed by atoms with Gasteiger partial charge in [0.05, 0.1) is 12.4 Å². The highest BCUT2D eigenvalue weighted by Crippen LogP contribution is 2.26. The summed E-state index contributed by atoms with van der Waals surface area (Å²) in [6, 6.07) is 12.0. The lowest BCUT2D eigenvalue weighted by Gasteiger charge is -2.16. The van der Waals surface area contributed by atoms with Gasteiger partial charge in [-0.25, -0.2) is 4.98 Å². The Morgan fingerprint density at radius 3 is 2.82 bits per heavy atom. The highest BCUT2D eigenvalue weighted by Gasteiger charge is 2.17. The van der Waals surface area contributed by atoms with Gasteiger partial charge >= 0.3 is 0 Å². The first-order chi connectivity index (χ1) is 13.4. The average molecular weight is 416 g/mol.